The molecule has 0 aromatic heterocycles. The number of benzene rings is 1. The Bertz CT molecular complexity index is 572. The second kappa shape index (κ2) is 10.9. The highest BCUT2D eigenvalue weighted by atomic mass is 16.5. The van der Waals surface area contributed by atoms with Crippen LogP contribution in [0.25, 0.3) is 0 Å². The van der Waals surface area contributed by atoms with Gasteiger partial charge in [0.05, 0.1) is 5.29 Å². The number of esters is 1. The summed E-state index contributed by atoms with van der Waals surface area (Å²) in [7, 11) is 0. The van der Waals surface area contributed by atoms with Crippen molar-refractivity contribution in [3.63, 3.8) is 0 Å². The number of unbranched alkanes of at least 4 members (excludes halogenated alkanes) is 3. The Morgan fingerprint density at radius 1 is 1.00 bits per heavy atom. The average molecular weight is 335 g/mol. The van der Waals surface area contributed by atoms with Gasteiger partial charge in [-0.05, 0) is 37.1 Å². The maximum Gasteiger partial charge on any atom is 0.311 e. The van der Waals surface area contributed by atoms with E-state index >= 15 is 0 Å². The van der Waals surface area contributed by atoms with Crippen LogP contribution in [0.15, 0.2) is 29.6 Å². The van der Waals surface area contributed by atoms with Crippen LogP contribution in [0.3, 0.4) is 0 Å². The highest BCUT2D eigenvalue weighted by molar-refractivity contribution is 5.88. The molecule has 0 aliphatic carbocycles. The Hall–Kier alpha value is -2.77. The normalized spacial score (nSPS) is 9.88. The fourth-order valence-electron chi connectivity index (χ4n) is 2.01. The third kappa shape index (κ3) is 8.62. The molecule has 0 unspecified atom stereocenters. The zero-order valence-electron chi connectivity index (χ0n) is 13.5. The summed E-state index contributed by atoms with van der Waals surface area (Å²) in [6.45, 7) is 1.42. The van der Waals surface area contributed by atoms with E-state index in [1.165, 1.54) is 6.92 Å². The summed E-state index contributed by atoms with van der Waals surface area (Å²) in [5.41, 5.74) is 2.46. The standard InChI is InChI=1S/C16H21N3O5/c1-12(20)17-13-8-10-14(11-9-13)24-16(22)7-5-3-2-4-6-15(21)18-19-23/h8-11H,2-7H2,1H3,(H,17,20)(H,18,21,23). The van der Waals surface area contributed by atoms with Gasteiger partial charge in [-0.25, -0.2) is 5.43 Å². The van der Waals surface area contributed by atoms with Gasteiger partial charge < -0.3 is 10.1 Å². The molecule has 2 amide bonds. The highest BCUT2D eigenvalue weighted by Crippen LogP contribution is 2.16. The number of carbonyl (C=O) groups is 3. The van der Waals surface area contributed by atoms with E-state index in [1.54, 1.807) is 24.3 Å². The summed E-state index contributed by atoms with van der Waals surface area (Å²) in [6, 6.07) is 6.54. The largest absolute Gasteiger partial charge is 0.427 e. The molecule has 0 radical (unpaired) electrons. The molecule has 1 aromatic rings. The summed E-state index contributed by atoms with van der Waals surface area (Å²) in [5, 5.41) is 4.93. The molecule has 0 heterocycles. The Morgan fingerprint density at radius 2 is 1.62 bits per heavy atom. The van der Waals surface area contributed by atoms with Gasteiger partial charge in [0, 0.05) is 25.5 Å². The zero-order chi connectivity index (χ0) is 17.8. The van der Waals surface area contributed by atoms with Gasteiger partial charge in [-0.2, -0.15) is 0 Å². The zero-order valence-corrected chi connectivity index (χ0v) is 13.5. The van der Waals surface area contributed by atoms with E-state index in [9.17, 15) is 19.3 Å². The number of carbonyl (C=O) groups excluding carboxylic acids is 3. The van der Waals surface area contributed by atoms with Gasteiger partial charge in [-0.15, -0.1) is 4.91 Å². The van der Waals surface area contributed by atoms with Crippen molar-refractivity contribution in [3.05, 3.63) is 29.2 Å². The molecule has 8 nitrogen and oxygen atoms in total. The van der Waals surface area contributed by atoms with Gasteiger partial charge >= 0.3 is 5.97 Å². The van der Waals surface area contributed by atoms with Crippen LogP contribution in [0.5, 0.6) is 5.75 Å². The third-order valence-electron chi connectivity index (χ3n) is 3.11. The predicted octanol–water partition coefficient (Wildman–Crippen LogP) is 2.69. The summed E-state index contributed by atoms with van der Waals surface area (Å²) in [6.07, 6.45) is 3.41. The van der Waals surface area contributed by atoms with Crippen LogP contribution in [-0.2, 0) is 14.4 Å². The van der Waals surface area contributed by atoms with E-state index in [0.29, 0.717) is 24.3 Å². The van der Waals surface area contributed by atoms with E-state index in [0.717, 1.165) is 12.8 Å². The highest BCUT2D eigenvalue weighted by Gasteiger charge is 2.06. The number of ether oxygens (including phenoxy) is 1. The van der Waals surface area contributed by atoms with Crippen molar-refractivity contribution < 1.29 is 19.1 Å². The number of nitroso groups, excluding NO2 is 1. The van der Waals surface area contributed by atoms with E-state index < -0.39 is 5.91 Å². The van der Waals surface area contributed by atoms with Crippen molar-refractivity contribution in [2.45, 2.75) is 45.4 Å². The summed E-state index contributed by atoms with van der Waals surface area (Å²) in [5.74, 6) is -0.468. The lowest BCUT2D eigenvalue weighted by atomic mass is 10.1. The topological polar surface area (TPSA) is 114 Å². The first kappa shape index (κ1) is 19.3. The molecule has 0 saturated heterocycles. The van der Waals surface area contributed by atoms with Gasteiger partial charge in [0.2, 0.25) is 11.8 Å². The number of amides is 2. The van der Waals surface area contributed by atoms with Gasteiger partial charge in [0.1, 0.15) is 5.75 Å². The summed E-state index contributed by atoms with van der Waals surface area (Å²) in [4.78, 5) is 43.4. The number of hydrogen-bond acceptors (Lipinski definition) is 6. The lowest BCUT2D eigenvalue weighted by Gasteiger charge is -2.06. The number of anilines is 1. The molecule has 1 aromatic carbocycles. The molecule has 0 bridgehead atoms. The second-order valence-corrected chi connectivity index (χ2v) is 5.22. The molecule has 0 saturated carbocycles. The SMILES string of the molecule is CC(=O)Nc1ccc(OC(=O)CCCCCCC(=O)NN=O)cc1. The summed E-state index contributed by atoms with van der Waals surface area (Å²) < 4.78 is 5.19. The quantitative estimate of drug-likeness (QED) is 0.224. The van der Waals surface area contributed by atoms with Gasteiger partial charge in [-0.1, -0.05) is 12.8 Å². The molecular formula is C16H21N3O5. The molecule has 0 aliphatic rings. The first-order chi connectivity index (χ1) is 11.5. The first-order valence-electron chi connectivity index (χ1n) is 7.71. The fraction of sp³-hybridized carbons (Fsp3) is 0.438. The van der Waals surface area contributed by atoms with Gasteiger partial charge in [0.15, 0.2) is 0 Å². The lowest BCUT2D eigenvalue weighted by molar-refractivity contribution is -0.134. The Balaban J connectivity index is 2.16. The second-order valence-electron chi connectivity index (χ2n) is 5.22. The molecule has 24 heavy (non-hydrogen) atoms. The van der Waals surface area contributed by atoms with Crippen LogP contribution >= 0.6 is 0 Å². The lowest BCUT2D eigenvalue weighted by Crippen LogP contribution is -2.15. The molecular weight excluding hydrogens is 314 g/mol. The first-order valence-corrected chi connectivity index (χ1v) is 7.71. The smallest absolute Gasteiger partial charge is 0.311 e. The molecule has 2 N–H and O–H groups in total. The molecule has 0 fully saturated rings. The van der Waals surface area contributed by atoms with Crippen molar-refractivity contribution in [2.24, 2.45) is 5.29 Å². The average Bonchev–Trinajstić information content (AvgIpc) is 2.52. The molecule has 0 spiro atoms. The van der Waals surface area contributed by atoms with Crippen LogP contribution in [0.4, 0.5) is 5.69 Å². The van der Waals surface area contributed by atoms with Crippen molar-refractivity contribution in [3.8, 4) is 5.75 Å². The van der Waals surface area contributed by atoms with Crippen LogP contribution in [-0.4, -0.2) is 17.8 Å². The minimum absolute atomic E-state index is 0.167. The van der Waals surface area contributed by atoms with Gasteiger partial charge in [-0.3, -0.25) is 14.4 Å². The van der Waals surface area contributed by atoms with Crippen molar-refractivity contribution >= 4 is 23.5 Å². The molecule has 0 aliphatic heterocycles. The van der Waals surface area contributed by atoms with E-state index in [2.05, 4.69) is 10.6 Å². The molecule has 130 valence electrons. The Morgan fingerprint density at radius 3 is 2.21 bits per heavy atom. The number of nitrogens with zero attached hydrogens (tertiary/aromatic N) is 1. The van der Waals surface area contributed by atoms with Crippen LogP contribution in [0.1, 0.15) is 45.4 Å². The molecule has 8 heteroatoms. The van der Waals surface area contributed by atoms with Crippen LogP contribution in [0, 0.1) is 4.91 Å². The maximum atomic E-state index is 11.7. The minimum Gasteiger partial charge on any atom is -0.427 e. The van der Waals surface area contributed by atoms with Crippen LogP contribution in [0.2, 0.25) is 0 Å². The van der Waals surface area contributed by atoms with Crippen molar-refractivity contribution in [2.75, 3.05) is 5.32 Å². The Labute approximate surface area is 139 Å². The predicted molar refractivity (Wildman–Crippen MR) is 88.0 cm³/mol. The Kier molecular flexibility index (Phi) is 8.73. The number of nitrogens with one attached hydrogen (secondary N) is 2. The molecule has 0 atom stereocenters. The monoisotopic (exact) mass is 335 g/mol. The minimum atomic E-state index is -0.396. The third-order valence-corrected chi connectivity index (χ3v) is 3.11. The van der Waals surface area contributed by atoms with Crippen molar-refractivity contribution in [1.29, 1.82) is 0 Å². The van der Waals surface area contributed by atoms with Gasteiger partial charge in [0.25, 0.3) is 0 Å². The number of hydrogen-bond donors (Lipinski definition) is 2. The van der Waals surface area contributed by atoms with E-state index in [-0.39, 0.29) is 24.7 Å². The number of rotatable bonds is 10. The van der Waals surface area contributed by atoms with Crippen molar-refractivity contribution in [1.82, 2.24) is 5.43 Å². The molecule has 1 rings (SSSR count). The van der Waals surface area contributed by atoms with Crippen LogP contribution < -0.4 is 15.5 Å². The maximum absolute atomic E-state index is 11.7. The summed E-state index contributed by atoms with van der Waals surface area (Å²) >= 11 is 0. The fourth-order valence-corrected chi connectivity index (χ4v) is 2.01. The van der Waals surface area contributed by atoms with E-state index in [4.69, 9.17) is 4.74 Å². The van der Waals surface area contributed by atoms with E-state index in [1.807, 2.05) is 5.43 Å².